The molecule has 0 N–H and O–H groups in total. The zero-order valence-electron chi connectivity index (χ0n) is 10.4. The lowest BCUT2D eigenvalue weighted by Crippen LogP contribution is -1.90. The molecule has 3 aromatic carbocycles. The number of rotatable bonds is 1. The molecular weight excluding hydrogens is 254 g/mol. The summed E-state index contributed by atoms with van der Waals surface area (Å²) in [6.07, 6.45) is 0. The maximum absolute atomic E-state index is 14.2. The standard InChI is InChI=1S/C18H8F2/c19-15-9-8-14-13-7-6-12(10-16(13)20)18(15)17(14)11-4-2-1-3-5-11/h2-8,10H. The summed E-state index contributed by atoms with van der Waals surface area (Å²) in [7, 11) is 0. The van der Waals surface area contributed by atoms with Crippen LogP contribution in [0.3, 0.4) is 0 Å². The van der Waals surface area contributed by atoms with Crippen molar-refractivity contribution in [1.82, 2.24) is 0 Å². The molecule has 0 amide bonds. The van der Waals surface area contributed by atoms with E-state index >= 15 is 0 Å². The maximum Gasteiger partial charge on any atom is 0.139 e. The van der Waals surface area contributed by atoms with E-state index < -0.39 is 5.82 Å². The molecule has 0 saturated heterocycles. The molecular formula is C18H8F2. The van der Waals surface area contributed by atoms with Crippen LogP contribution in [0, 0.1) is 23.8 Å². The Kier molecular flexibility index (Phi) is 2.27. The molecule has 0 heterocycles. The molecule has 0 saturated carbocycles. The van der Waals surface area contributed by atoms with E-state index in [0.29, 0.717) is 27.8 Å². The van der Waals surface area contributed by atoms with Crippen LogP contribution in [-0.4, -0.2) is 0 Å². The fourth-order valence-corrected chi connectivity index (χ4v) is 2.75. The van der Waals surface area contributed by atoms with Crippen molar-refractivity contribution in [3.8, 4) is 33.4 Å². The fourth-order valence-electron chi connectivity index (χ4n) is 2.75. The van der Waals surface area contributed by atoms with Gasteiger partial charge in [0.1, 0.15) is 11.6 Å². The van der Waals surface area contributed by atoms with Gasteiger partial charge >= 0.3 is 0 Å². The molecule has 94 valence electrons. The van der Waals surface area contributed by atoms with Crippen molar-refractivity contribution in [3.63, 3.8) is 0 Å². The summed E-state index contributed by atoms with van der Waals surface area (Å²) in [5.41, 5.74) is 3.67. The van der Waals surface area contributed by atoms with E-state index in [1.165, 1.54) is 12.1 Å². The second-order valence-corrected chi connectivity index (χ2v) is 4.75. The summed E-state index contributed by atoms with van der Waals surface area (Å²) in [6.45, 7) is 0. The highest BCUT2D eigenvalue weighted by atomic mass is 19.1. The molecule has 5 rings (SSSR count). The number of fused-ring (bicyclic) bond motifs is 2. The van der Waals surface area contributed by atoms with Gasteiger partial charge in [-0.15, -0.1) is 0 Å². The van der Waals surface area contributed by atoms with Crippen LogP contribution in [0.15, 0.2) is 48.5 Å². The summed E-state index contributed by atoms with van der Waals surface area (Å²) in [6, 6.07) is 19.1. The van der Waals surface area contributed by atoms with Crippen molar-refractivity contribution in [2.45, 2.75) is 0 Å². The largest absolute Gasteiger partial charge is 0.206 e. The number of benzene rings is 3. The second-order valence-electron chi connectivity index (χ2n) is 4.75. The van der Waals surface area contributed by atoms with Crippen molar-refractivity contribution in [1.29, 1.82) is 0 Å². The van der Waals surface area contributed by atoms with Gasteiger partial charge in [-0.3, -0.25) is 0 Å². The first-order chi connectivity index (χ1) is 9.75. The van der Waals surface area contributed by atoms with Gasteiger partial charge in [0.05, 0.1) is 0 Å². The summed E-state index contributed by atoms with van der Waals surface area (Å²) in [4.78, 5) is 0. The van der Waals surface area contributed by atoms with Crippen molar-refractivity contribution < 1.29 is 8.78 Å². The lowest BCUT2D eigenvalue weighted by atomic mass is 9.92. The molecule has 4 bridgehead atoms. The molecule has 0 unspecified atom stereocenters. The number of hydrogen-bond acceptors (Lipinski definition) is 0. The average molecular weight is 262 g/mol. The van der Waals surface area contributed by atoms with Gasteiger partial charge in [0.2, 0.25) is 0 Å². The second kappa shape index (κ2) is 4.01. The van der Waals surface area contributed by atoms with Gasteiger partial charge in [-0.2, -0.15) is 0 Å². The van der Waals surface area contributed by atoms with Crippen molar-refractivity contribution >= 4 is 0 Å². The minimum absolute atomic E-state index is 0.333. The lowest BCUT2D eigenvalue weighted by molar-refractivity contribution is 0.629. The van der Waals surface area contributed by atoms with E-state index in [1.54, 1.807) is 24.3 Å². The fraction of sp³-hybridized carbons (Fsp3) is 0. The molecule has 0 spiro atoms. The summed E-state index contributed by atoms with van der Waals surface area (Å²) >= 11 is 0. The van der Waals surface area contributed by atoms with Crippen molar-refractivity contribution in [2.75, 3.05) is 0 Å². The molecule has 3 aromatic rings. The third kappa shape index (κ3) is 1.45. The summed E-state index contributed by atoms with van der Waals surface area (Å²) in [5, 5.41) is 0. The van der Waals surface area contributed by atoms with Crippen LogP contribution in [0.25, 0.3) is 33.4 Å². The molecule has 0 atom stereocenters. The molecule has 20 heavy (non-hydrogen) atoms. The Labute approximate surface area is 115 Å². The minimum Gasteiger partial charge on any atom is -0.206 e. The Bertz CT molecular complexity index is 820. The van der Waals surface area contributed by atoms with E-state index in [1.807, 2.05) is 12.1 Å². The van der Waals surface area contributed by atoms with Crippen molar-refractivity contribution in [3.05, 3.63) is 72.3 Å². The van der Waals surface area contributed by atoms with E-state index in [4.69, 9.17) is 0 Å². The quantitative estimate of drug-likeness (QED) is 0.458. The Balaban J connectivity index is 2.18. The van der Waals surface area contributed by atoms with Crippen LogP contribution in [0.5, 0.6) is 0 Å². The zero-order valence-corrected chi connectivity index (χ0v) is 10.4. The summed E-state index contributed by atoms with van der Waals surface area (Å²) in [5.74, 6) is -0.788. The first-order valence-electron chi connectivity index (χ1n) is 6.26. The van der Waals surface area contributed by atoms with E-state index in [2.05, 4.69) is 12.1 Å². The van der Waals surface area contributed by atoms with Crippen LogP contribution in [0.4, 0.5) is 8.78 Å². The highest BCUT2D eigenvalue weighted by Gasteiger charge is 2.24. The average Bonchev–Trinajstić information content (AvgIpc) is 2.64. The predicted molar refractivity (Wildman–Crippen MR) is 73.9 cm³/mol. The minimum atomic E-state index is -0.455. The van der Waals surface area contributed by atoms with E-state index in [9.17, 15) is 8.78 Å². The monoisotopic (exact) mass is 262 g/mol. The van der Waals surface area contributed by atoms with Crippen LogP contribution >= 0.6 is 0 Å². The Morgan fingerprint density at radius 1 is 0.800 bits per heavy atom. The van der Waals surface area contributed by atoms with Gasteiger partial charge in [-0.05, 0) is 34.9 Å². The van der Waals surface area contributed by atoms with Gasteiger partial charge in [-0.25, -0.2) is 8.78 Å². The normalized spacial score (nSPS) is 11.5. The third-order valence-corrected chi connectivity index (χ3v) is 3.64. The predicted octanol–water partition coefficient (Wildman–Crippen LogP) is 4.88. The highest BCUT2D eigenvalue weighted by molar-refractivity contribution is 5.97. The van der Waals surface area contributed by atoms with E-state index in [0.717, 1.165) is 5.56 Å². The maximum atomic E-state index is 14.2. The molecule has 2 aliphatic carbocycles. The zero-order chi connectivity index (χ0) is 13.7. The topological polar surface area (TPSA) is 0 Å². The van der Waals surface area contributed by atoms with Gasteiger partial charge in [0.25, 0.3) is 0 Å². The highest BCUT2D eigenvalue weighted by Crippen LogP contribution is 2.45. The van der Waals surface area contributed by atoms with Gasteiger partial charge < -0.3 is 0 Å². The number of halogens is 2. The van der Waals surface area contributed by atoms with Crippen LogP contribution in [-0.2, 0) is 0 Å². The lowest BCUT2D eigenvalue weighted by Gasteiger charge is -2.12. The number of hydrogen-bond donors (Lipinski definition) is 0. The summed E-state index contributed by atoms with van der Waals surface area (Å²) < 4.78 is 28.3. The Hall–Kier alpha value is -2.48. The molecule has 2 radical (unpaired) electrons. The van der Waals surface area contributed by atoms with Gasteiger partial charge in [0, 0.05) is 22.8 Å². The SMILES string of the molecule is Fc1[c]cc2c(-c3cc[c]cc3)c1-c1ccc-2c(F)c1. The van der Waals surface area contributed by atoms with Gasteiger partial charge in [-0.1, -0.05) is 36.4 Å². The molecule has 0 nitrogen and oxygen atoms in total. The van der Waals surface area contributed by atoms with Gasteiger partial charge in [0.15, 0.2) is 0 Å². The van der Waals surface area contributed by atoms with Crippen LogP contribution in [0.1, 0.15) is 0 Å². The van der Waals surface area contributed by atoms with Crippen molar-refractivity contribution in [2.24, 2.45) is 0 Å². The third-order valence-electron chi connectivity index (χ3n) is 3.64. The molecule has 0 aromatic heterocycles. The van der Waals surface area contributed by atoms with Crippen LogP contribution in [0.2, 0.25) is 0 Å². The first kappa shape index (κ1) is 11.4. The van der Waals surface area contributed by atoms with Crippen LogP contribution < -0.4 is 0 Å². The molecule has 2 heteroatoms. The smallest absolute Gasteiger partial charge is 0.139 e. The molecule has 2 aliphatic rings. The Morgan fingerprint density at radius 3 is 2.35 bits per heavy atom. The molecule has 0 fully saturated rings. The molecule has 0 aliphatic heterocycles. The van der Waals surface area contributed by atoms with E-state index in [-0.39, 0.29) is 5.82 Å². The first-order valence-corrected chi connectivity index (χ1v) is 6.26. The Morgan fingerprint density at radius 2 is 1.60 bits per heavy atom.